The first-order chi connectivity index (χ1) is 12.8. The van der Waals surface area contributed by atoms with Gasteiger partial charge in [-0.3, -0.25) is 4.72 Å². The Kier molecular flexibility index (Phi) is 5.38. The van der Waals surface area contributed by atoms with Gasteiger partial charge in [0.1, 0.15) is 0 Å². The number of anilines is 2. The number of nitrogens with one attached hydrogen (secondary N) is 1. The lowest BCUT2D eigenvalue weighted by Gasteiger charge is -2.30. The number of para-hydroxylation sites is 2. The van der Waals surface area contributed by atoms with Gasteiger partial charge in [-0.25, -0.2) is 13.2 Å². The summed E-state index contributed by atoms with van der Waals surface area (Å²) in [5.74, 6) is -1.16. The maximum absolute atomic E-state index is 13.0. The van der Waals surface area contributed by atoms with E-state index >= 15 is 0 Å². The molecule has 1 fully saturated rings. The highest BCUT2D eigenvalue weighted by atomic mass is 32.2. The SMILES string of the molecule is Cc1cc(C(=O)O)cc(S(=O)(=O)Nc2ccccc2N2CCOCC2)c1C. The van der Waals surface area contributed by atoms with Crippen molar-refractivity contribution in [2.24, 2.45) is 0 Å². The average Bonchev–Trinajstić information content (AvgIpc) is 2.64. The number of hydrogen-bond acceptors (Lipinski definition) is 5. The van der Waals surface area contributed by atoms with E-state index in [0.717, 1.165) is 5.69 Å². The predicted octanol–water partition coefficient (Wildman–Crippen LogP) is 2.64. The monoisotopic (exact) mass is 390 g/mol. The number of hydrogen-bond donors (Lipinski definition) is 2. The van der Waals surface area contributed by atoms with Gasteiger partial charge in [-0.05, 0) is 49.2 Å². The molecule has 2 aromatic rings. The summed E-state index contributed by atoms with van der Waals surface area (Å²) in [6.45, 7) is 5.88. The molecule has 27 heavy (non-hydrogen) atoms. The summed E-state index contributed by atoms with van der Waals surface area (Å²) in [5, 5.41) is 9.26. The summed E-state index contributed by atoms with van der Waals surface area (Å²) in [7, 11) is -3.95. The largest absolute Gasteiger partial charge is 0.478 e. The predicted molar refractivity (Wildman–Crippen MR) is 103 cm³/mol. The molecule has 1 heterocycles. The molecule has 0 saturated carbocycles. The van der Waals surface area contributed by atoms with Crippen molar-refractivity contribution in [1.29, 1.82) is 0 Å². The summed E-state index contributed by atoms with van der Waals surface area (Å²) in [5.41, 5.74) is 2.30. The number of carbonyl (C=O) groups is 1. The molecule has 0 spiro atoms. The first kappa shape index (κ1) is 19.2. The number of rotatable bonds is 5. The Hall–Kier alpha value is -2.58. The van der Waals surface area contributed by atoms with Gasteiger partial charge in [0.05, 0.1) is 35.0 Å². The van der Waals surface area contributed by atoms with Gasteiger partial charge in [0.2, 0.25) is 0 Å². The lowest BCUT2D eigenvalue weighted by atomic mass is 10.1. The second-order valence-electron chi connectivity index (χ2n) is 6.44. The molecule has 0 aliphatic carbocycles. The lowest BCUT2D eigenvalue weighted by molar-refractivity contribution is 0.0696. The van der Waals surface area contributed by atoms with Crippen LogP contribution >= 0.6 is 0 Å². The molecule has 8 heteroatoms. The molecule has 0 aromatic heterocycles. The molecule has 7 nitrogen and oxygen atoms in total. The van der Waals surface area contributed by atoms with E-state index in [1.165, 1.54) is 12.1 Å². The number of aromatic carboxylic acids is 1. The highest BCUT2D eigenvalue weighted by Crippen LogP contribution is 2.30. The lowest BCUT2D eigenvalue weighted by Crippen LogP contribution is -2.36. The fraction of sp³-hybridized carbons (Fsp3) is 0.316. The van der Waals surface area contributed by atoms with Gasteiger partial charge in [-0.2, -0.15) is 0 Å². The fourth-order valence-electron chi connectivity index (χ4n) is 3.07. The summed E-state index contributed by atoms with van der Waals surface area (Å²) >= 11 is 0. The van der Waals surface area contributed by atoms with E-state index in [4.69, 9.17) is 4.74 Å². The minimum Gasteiger partial charge on any atom is -0.478 e. The Morgan fingerprint density at radius 2 is 1.81 bits per heavy atom. The van der Waals surface area contributed by atoms with Gasteiger partial charge in [0, 0.05) is 13.1 Å². The van der Waals surface area contributed by atoms with Crippen molar-refractivity contribution in [3.05, 3.63) is 53.1 Å². The minimum absolute atomic E-state index is 0.0309. The van der Waals surface area contributed by atoms with Crippen molar-refractivity contribution in [3.63, 3.8) is 0 Å². The number of ether oxygens (including phenoxy) is 1. The third kappa shape index (κ3) is 4.06. The van der Waals surface area contributed by atoms with Crippen LogP contribution in [0.5, 0.6) is 0 Å². The van der Waals surface area contributed by atoms with Crippen LogP contribution in [0, 0.1) is 13.8 Å². The fourth-order valence-corrected chi connectivity index (χ4v) is 4.49. The molecule has 1 aliphatic rings. The Bertz CT molecular complexity index is 966. The van der Waals surface area contributed by atoms with Crippen LogP contribution in [0.3, 0.4) is 0 Å². The molecular weight excluding hydrogens is 368 g/mol. The van der Waals surface area contributed by atoms with Crippen molar-refractivity contribution in [1.82, 2.24) is 0 Å². The smallest absolute Gasteiger partial charge is 0.335 e. The van der Waals surface area contributed by atoms with Crippen LogP contribution in [-0.4, -0.2) is 45.8 Å². The molecule has 2 aromatic carbocycles. The van der Waals surface area contributed by atoms with Crippen LogP contribution in [-0.2, 0) is 14.8 Å². The first-order valence-electron chi connectivity index (χ1n) is 8.58. The van der Waals surface area contributed by atoms with Crippen LogP contribution in [0.4, 0.5) is 11.4 Å². The average molecular weight is 390 g/mol. The Balaban J connectivity index is 2.00. The van der Waals surface area contributed by atoms with Crippen LogP contribution < -0.4 is 9.62 Å². The Labute approximate surface area is 158 Å². The third-order valence-electron chi connectivity index (χ3n) is 4.66. The molecule has 0 unspecified atom stereocenters. The maximum atomic E-state index is 13.0. The van der Waals surface area contributed by atoms with Crippen LogP contribution in [0.2, 0.25) is 0 Å². The third-order valence-corrected chi connectivity index (χ3v) is 6.15. The number of morpholine rings is 1. The number of nitrogens with zero attached hydrogens (tertiary/aromatic N) is 1. The van der Waals surface area contributed by atoms with Crippen LogP contribution in [0.15, 0.2) is 41.3 Å². The first-order valence-corrected chi connectivity index (χ1v) is 10.1. The minimum atomic E-state index is -3.95. The number of benzene rings is 2. The molecule has 2 N–H and O–H groups in total. The van der Waals surface area contributed by atoms with E-state index < -0.39 is 16.0 Å². The van der Waals surface area contributed by atoms with E-state index in [1.807, 2.05) is 12.1 Å². The normalized spacial score (nSPS) is 14.8. The van der Waals surface area contributed by atoms with Crippen molar-refractivity contribution >= 4 is 27.4 Å². The second kappa shape index (κ2) is 7.58. The van der Waals surface area contributed by atoms with Crippen molar-refractivity contribution in [2.45, 2.75) is 18.7 Å². The summed E-state index contributed by atoms with van der Waals surface area (Å²) < 4.78 is 34.1. The number of carboxylic acids is 1. The van der Waals surface area contributed by atoms with Crippen molar-refractivity contribution in [2.75, 3.05) is 35.9 Å². The van der Waals surface area contributed by atoms with Crippen LogP contribution in [0.25, 0.3) is 0 Å². The molecule has 1 saturated heterocycles. The zero-order valence-corrected chi connectivity index (χ0v) is 16.0. The molecule has 1 aliphatic heterocycles. The van der Waals surface area contributed by atoms with Crippen molar-refractivity contribution in [3.8, 4) is 0 Å². The molecule has 0 radical (unpaired) electrons. The topological polar surface area (TPSA) is 95.9 Å². The summed E-state index contributed by atoms with van der Waals surface area (Å²) in [6, 6.07) is 9.83. The highest BCUT2D eigenvalue weighted by molar-refractivity contribution is 7.92. The zero-order chi connectivity index (χ0) is 19.6. The van der Waals surface area contributed by atoms with Gasteiger partial charge in [-0.15, -0.1) is 0 Å². The molecule has 0 amide bonds. The Morgan fingerprint density at radius 3 is 2.48 bits per heavy atom. The van der Waals surface area contributed by atoms with E-state index in [-0.39, 0.29) is 10.5 Å². The number of aryl methyl sites for hydroxylation is 1. The molecule has 144 valence electrons. The summed E-state index contributed by atoms with van der Waals surface area (Å²) in [4.78, 5) is 13.4. The zero-order valence-electron chi connectivity index (χ0n) is 15.2. The van der Waals surface area contributed by atoms with Crippen LogP contribution in [0.1, 0.15) is 21.5 Å². The van der Waals surface area contributed by atoms with E-state index in [0.29, 0.717) is 43.1 Å². The molecule has 0 atom stereocenters. The van der Waals surface area contributed by atoms with Gasteiger partial charge >= 0.3 is 5.97 Å². The van der Waals surface area contributed by atoms with Gasteiger partial charge in [-0.1, -0.05) is 12.1 Å². The Morgan fingerprint density at radius 1 is 1.15 bits per heavy atom. The van der Waals surface area contributed by atoms with Gasteiger partial charge < -0.3 is 14.7 Å². The van der Waals surface area contributed by atoms with E-state index in [2.05, 4.69) is 9.62 Å². The molecular formula is C19H22N2O5S. The van der Waals surface area contributed by atoms with Crippen molar-refractivity contribution < 1.29 is 23.1 Å². The molecule has 0 bridgehead atoms. The second-order valence-corrected chi connectivity index (χ2v) is 8.09. The summed E-state index contributed by atoms with van der Waals surface area (Å²) in [6.07, 6.45) is 0. The van der Waals surface area contributed by atoms with E-state index in [9.17, 15) is 18.3 Å². The number of sulfonamides is 1. The highest BCUT2D eigenvalue weighted by Gasteiger charge is 2.23. The van der Waals surface area contributed by atoms with Gasteiger partial charge in [0.15, 0.2) is 0 Å². The maximum Gasteiger partial charge on any atom is 0.335 e. The quantitative estimate of drug-likeness (QED) is 0.815. The van der Waals surface area contributed by atoms with E-state index in [1.54, 1.807) is 26.0 Å². The molecule has 3 rings (SSSR count). The number of carboxylic acid groups (broad SMARTS) is 1. The standard InChI is InChI=1S/C19H22N2O5S/c1-13-11-15(19(22)23)12-18(14(13)2)27(24,25)20-16-5-3-4-6-17(16)21-7-9-26-10-8-21/h3-6,11-12,20H,7-10H2,1-2H3,(H,22,23). The van der Waals surface area contributed by atoms with Gasteiger partial charge in [0.25, 0.3) is 10.0 Å².